The average molecular weight is 521 g/mol. The third kappa shape index (κ3) is 5.00. The highest BCUT2D eigenvalue weighted by atomic mass is 16.5. The van der Waals surface area contributed by atoms with Crippen LogP contribution in [0.1, 0.15) is 63.1 Å². The number of aliphatic hydroxyl groups excluding tert-OH is 2. The Morgan fingerprint density at radius 1 is 1.11 bits per heavy atom. The molecule has 0 spiro atoms. The first-order valence-corrected chi connectivity index (χ1v) is 13.7. The van der Waals surface area contributed by atoms with Crippen molar-refractivity contribution in [2.45, 2.75) is 76.2 Å². The Morgan fingerprint density at radius 2 is 1.92 bits per heavy atom. The van der Waals surface area contributed by atoms with Gasteiger partial charge in [-0.1, -0.05) is 0 Å². The zero-order chi connectivity index (χ0) is 26.2. The van der Waals surface area contributed by atoms with Crippen molar-refractivity contribution < 1.29 is 14.9 Å². The Bertz CT molecular complexity index is 1400. The van der Waals surface area contributed by atoms with Crippen LogP contribution >= 0.6 is 0 Å². The van der Waals surface area contributed by atoms with Crippen LogP contribution in [-0.4, -0.2) is 69.9 Å². The fourth-order valence-corrected chi connectivity index (χ4v) is 5.46. The maximum Gasteiger partial charge on any atom is 0.161 e. The van der Waals surface area contributed by atoms with E-state index in [1.807, 2.05) is 30.3 Å². The van der Waals surface area contributed by atoms with E-state index in [1.165, 1.54) is 12.8 Å². The zero-order valence-corrected chi connectivity index (χ0v) is 22.0. The molecule has 0 aromatic carbocycles. The molecule has 11 nitrogen and oxygen atoms in total. The zero-order valence-electron chi connectivity index (χ0n) is 22.0. The van der Waals surface area contributed by atoms with Gasteiger partial charge in [0.05, 0.1) is 49.3 Å². The van der Waals surface area contributed by atoms with Crippen LogP contribution < -0.4 is 10.1 Å². The molecule has 2 aliphatic rings. The van der Waals surface area contributed by atoms with Crippen LogP contribution in [0.15, 0.2) is 30.9 Å². The van der Waals surface area contributed by atoms with Crippen LogP contribution in [0.4, 0.5) is 5.82 Å². The van der Waals surface area contributed by atoms with Crippen molar-refractivity contribution in [3.8, 4) is 17.0 Å². The molecule has 38 heavy (non-hydrogen) atoms. The summed E-state index contributed by atoms with van der Waals surface area (Å²) in [5.41, 5.74) is 3.84. The van der Waals surface area contributed by atoms with E-state index in [0.717, 1.165) is 71.6 Å². The van der Waals surface area contributed by atoms with Crippen molar-refractivity contribution in [2.24, 2.45) is 7.05 Å². The minimum absolute atomic E-state index is 0.185. The molecule has 0 aliphatic heterocycles. The van der Waals surface area contributed by atoms with Crippen LogP contribution in [0.2, 0.25) is 0 Å². The van der Waals surface area contributed by atoms with Gasteiger partial charge in [0.2, 0.25) is 0 Å². The number of fused-ring (bicyclic) bond motifs is 1. The Balaban J connectivity index is 1.24. The molecule has 1 atom stereocenters. The molecule has 4 heterocycles. The van der Waals surface area contributed by atoms with E-state index >= 15 is 0 Å². The predicted octanol–water partition coefficient (Wildman–Crippen LogP) is 3.25. The Morgan fingerprint density at radius 3 is 2.66 bits per heavy atom. The number of hydrogen-bond donors (Lipinski definition) is 3. The lowest BCUT2D eigenvalue weighted by molar-refractivity contribution is 0.0783. The van der Waals surface area contributed by atoms with E-state index in [-0.39, 0.29) is 25.3 Å². The summed E-state index contributed by atoms with van der Waals surface area (Å²) in [6.45, 7) is 2.77. The summed E-state index contributed by atoms with van der Waals surface area (Å²) in [4.78, 5) is 4.61. The van der Waals surface area contributed by atoms with Gasteiger partial charge in [0.1, 0.15) is 17.2 Å². The van der Waals surface area contributed by atoms with Crippen LogP contribution in [0.3, 0.4) is 0 Å². The van der Waals surface area contributed by atoms with Crippen LogP contribution in [-0.2, 0) is 13.6 Å². The quantitative estimate of drug-likeness (QED) is 0.291. The smallest absolute Gasteiger partial charge is 0.161 e. The summed E-state index contributed by atoms with van der Waals surface area (Å²) < 4.78 is 12.1. The number of aliphatic hydroxyl groups is 2. The highest BCUT2D eigenvalue weighted by molar-refractivity contribution is 5.93. The molecule has 0 saturated heterocycles. The van der Waals surface area contributed by atoms with Crippen LogP contribution in [0, 0.1) is 0 Å². The maximum atomic E-state index is 9.82. The van der Waals surface area contributed by atoms with E-state index in [9.17, 15) is 10.2 Å². The van der Waals surface area contributed by atoms with E-state index in [0.29, 0.717) is 5.92 Å². The van der Waals surface area contributed by atoms with E-state index < -0.39 is 6.10 Å². The van der Waals surface area contributed by atoms with Crippen molar-refractivity contribution >= 4 is 16.7 Å². The summed E-state index contributed by atoms with van der Waals surface area (Å²) in [5.74, 6) is 2.35. The van der Waals surface area contributed by atoms with Crippen molar-refractivity contribution in [1.29, 1.82) is 0 Å². The number of ether oxygens (including phenoxy) is 1. The molecule has 202 valence electrons. The molecular formula is C27H36N8O3. The normalized spacial score (nSPS) is 20.6. The van der Waals surface area contributed by atoms with Gasteiger partial charge < -0.3 is 20.3 Å². The Labute approximate surface area is 221 Å². The minimum atomic E-state index is -0.856. The predicted molar refractivity (Wildman–Crippen MR) is 143 cm³/mol. The first-order chi connectivity index (χ1) is 18.5. The Kier molecular flexibility index (Phi) is 6.79. The first-order valence-electron chi connectivity index (χ1n) is 13.7. The van der Waals surface area contributed by atoms with E-state index in [2.05, 4.69) is 38.2 Å². The molecule has 0 unspecified atom stereocenters. The molecule has 2 fully saturated rings. The summed E-state index contributed by atoms with van der Waals surface area (Å²) in [6, 6.07) is 2.33. The topological polar surface area (TPSA) is 128 Å². The Hall–Kier alpha value is -3.44. The van der Waals surface area contributed by atoms with Gasteiger partial charge in [0, 0.05) is 48.9 Å². The molecule has 4 aromatic heterocycles. The van der Waals surface area contributed by atoms with E-state index in [1.54, 1.807) is 10.9 Å². The van der Waals surface area contributed by atoms with Crippen molar-refractivity contribution in [1.82, 2.24) is 34.3 Å². The molecule has 0 amide bonds. The standard InChI is InChI=1S/C27H36N8O3/c1-3-28-25-10-23-22(12-29-25)26(18-11-30-34(13-18)14-20(37)16-36)32-35(23)19-6-8-21(9-7-19)38-24-15-33(2)31-27(24)17-4-5-17/h10-13,15,17,19-21,36-37H,3-9,14,16H2,1-2H3,(H,28,29)/t19-,20-,21+/m1/s1. The fourth-order valence-electron chi connectivity index (χ4n) is 5.46. The van der Waals surface area contributed by atoms with Gasteiger partial charge in [-0.05, 0) is 45.4 Å². The lowest BCUT2D eigenvalue weighted by atomic mass is 9.93. The van der Waals surface area contributed by atoms with Gasteiger partial charge in [-0.3, -0.25) is 14.0 Å². The third-order valence-corrected chi connectivity index (χ3v) is 7.53. The molecule has 2 aliphatic carbocycles. The molecule has 2 saturated carbocycles. The second-order valence-electron chi connectivity index (χ2n) is 10.6. The minimum Gasteiger partial charge on any atom is -0.487 e. The van der Waals surface area contributed by atoms with Gasteiger partial charge >= 0.3 is 0 Å². The first kappa shape index (κ1) is 24.9. The highest BCUT2D eigenvalue weighted by Gasteiger charge is 2.32. The number of aryl methyl sites for hydroxylation is 1. The summed E-state index contributed by atoms with van der Waals surface area (Å²) in [5, 5.41) is 37.4. The van der Waals surface area contributed by atoms with Gasteiger partial charge in [0.25, 0.3) is 0 Å². The largest absolute Gasteiger partial charge is 0.487 e. The molecular weight excluding hydrogens is 484 g/mol. The second kappa shape index (κ2) is 10.4. The number of rotatable bonds is 10. The summed E-state index contributed by atoms with van der Waals surface area (Å²) >= 11 is 0. The van der Waals surface area contributed by atoms with Crippen LogP contribution in [0.25, 0.3) is 22.2 Å². The number of aromatic nitrogens is 7. The monoisotopic (exact) mass is 520 g/mol. The average Bonchev–Trinajstić information content (AvgIpc) is 3.38. The van der Waals surface area contributed by atoms with Crippen LogP contribution in [0.5, 0.6) is 5.75 Å². The molecule has 0 bridgehead atoms. The molecule has 4 aromatic rings. The number of nitrogens with one attached hydrogen (secondary N) is 1. The SMILES string of the molecule is CCNc1cc2c(cn1)c(-c1cnn(C[C@@H](O)CO)c1)nn2[C@H]1CC[C@@H](Oc2cn(C)nc2C2CC2)CC1. The number of hydrogen-bond acceptors (Lipinski definition) is 8. The highest BCUT2D eigenvalue weighted by Crippen LogP contribution is 2.44. The molecule has 11 heteroatoms. The number of anilines is 1. The number of pyridine rings is 1. The van der Waals surface area contributed by atoms with Gasteiger partial charge in [-0.2, -0.15) is 15.3 Å². The summed E-state index contributed by atoms with van der Waals surface area (Å²) in [6.07, 6.45) is 13.1. The van der Waals surface area contributed by atoms with Crippen molar-refractivity contribution in [3.63, 3.8) is 0 Å². The molecule has 6 rings (SSSR count). The molecule has 3 N–H and O–H groups in total. The van der Waals surface area contributed by atoms with Crippen molar-refractivity contribution in [2.75, 3.05) is 18.5 Å². The summed E-state index contributed by atoms with van der Waals surface area (Å²) in [7, 11) is 1.96. The third-order valence-electron chi connectivity index (χ3n) is 7.53. The second-order valence-corrected chi connectivity index (χ2v) is 10.6. The van der Waals surface area contributed by atoms with E-state index in [4.69, 9.17) is 9.84 Å². The maximum absolute atomic E-state index is 9.82. The molecule has 0 radical (unpaired) electrons. The van der Waals surface area contributed by atoms with Gasteiger partial charge in [0.15, 0.2) is 5.75 Å². The number of nitrogens with zero attached hydrogens (tertiary/aromatic N) is 7. The van der Waals surface area contributed by atoms with Gasteiger partial charge in [-0.15, -0.1) is 0 Å². The van der Waals surface area contributed by atoms with Crippen molar-refractivity contribution in [3.05, 3.63) is 36.5 Å². The van der Waals surface area contributed by atoms with Gasteiger partial charge in [-0.25, -0.2) is 4.98 Å². The fraction of sp³-hybridized carbons (Fsp3) is 0.556. The lowest BCUT2D eigenvalue weighted by Gasteiger charge is -2.29. The lowest BCUT2D eigenvalue weighted by Crippen LogP contribution is -2.26.